The molecule has 0 amide bonds. The normalized spacial score (nSPS) is 11.2. The highest BCUT2D eigenvalue weighted by molar-refractivity contribution is 5.72. The summed E-state index contributed by atoms with van der Waals surface area (Å²) in [6.45, 7) is 0.604. The lowest BCUT2D eigenvalue weighted by Crippen LogP contribution is -2.29. The maximum Gasteiger partial charge on any atom is 0.320 e. The Labute approximate surface area is 102 Å². The van der Waals surface area contributed by atoms with Crippen LogP contribution in [0.2, 0.25) is 0 Å². The molecule has 5 heteroatoms. The molecule has 0 unspecified atom stereocenters. The zero-order valence-corrected chi connectivity index (χ0v) is 9.88. The Morgan fingerprint density at radius 2 is 1.82 bits per heavy atom. The molecule has 0 aliphatic heterocycles. The molecule has 0 saturated carbocycles. The number of hydrogen-bond donors (Lipinski definition) is 4. The van der Waals surface area contributed by atoms with Crippen LogP contribution in [0.4, 0.5) is 5.69 Å². The fraction of sp³-hybridized carbons (Fsp3) is 0.417. The second-order valence-electron chi connectivity index (χ2n) is 3.64. The number of carboxylic acids is 1. The fourth-order valence-corrected chi connectivity index (χ4v) is 1.09. The van der Waals surface area contributed by atoms with E-state index < -0.39 is 12.0 Å². The summed E-state index contributed by atoms with van der Waals surface area (Å²) in [5.41, 5.74) is 16.6. The van der Waals surface area contributed by atoms with Crippen LogP contribution in [0.1, 0.15) is 19.3 Å². The van der Waals surface area contributed by atoms with Crippen LogP contribution >= 0.6 is 0 Å². The Morgan fingerprint density at radius 1 is 1.24 bits per heavy atom. The van der Waals surface area contributed by atoms with Crippen molar-refractivity contribution in [1.82, 2.24) is 0 Å². The summed E-state index contributed by atoms with van der Waals surface area (Å²) in [5.74, 6) is -0.933. The molecular formula is C12H21N3O2. The number of hydrogen-bond acceptors (Lipinski definition) is 4. The molecule has 0 heterocycles. The van der Waals surface area contributed by atoms with Gasteiger partial charge in [0.1, 0.15) is 6.04 Å². The predicted octanol–water partition coefficient (Wildman–Crippen LogP) is 0.796. The minimum absolute atomic E-state index is 0.520. The van der Waals surface area contributed by atoms with Crippen LogP contribution in [0.3, 0.4) is 0 Å². The molecule has 17 heavy (non-hydrogen) atoms. The first-order chi connectivity index (χ1) is 8.07. The van der Waals surface area contributed by atoms with Gasteiger partial charge >= 0.3 is 5.97 Å². The third kappa shape index (κ3) is 9.35. The Hall–Kier alpha value is -1.59. The van der Waals surface area contributed by atoms with E-state index in [4.69, 9.17) is 22.3 Å². The first-order valence-corrected chi connectivity index (χ1v) is 5.57. The molecule has 0 aromatic heterocycles. The van der Waals surface area contributed by atoms with Crippen molar-refractivity contribution in [3.8, 4) is 0 Å². The van der Waals surface area contributed by atoms with Crippen molar-refractivity contribution in [1.29, 1.82) is 0 Å². The zero-order valence-electron chi connectivity index (χ0n) is 9.88. The van der Waals surface area contributed by atoms with Crippen molar-refractivity contribution < 1.29 is 9.90 Å². The monoisotopic (exact) mass is 239 g/mol. The summed E-state index contributed by atoms with van der Waals surface area (Å²) in [5, 5.41) is 8.33. The molecular weight excluding hydrogens is 218 g/mol. The SMILES string of the molecule is NCCCC[C@H](N)C(=O)O.Nc1ccccc1. The zero-order chi connectivity index (χ0) is 13.1. The first kappa shape index (κ1) is 15.4. The summed E-state index contributed by atoms with van der Waals surface area (Å²) in [7, 11) is 0. The largest absolute Gasteiger partial charge is 0.480 e. The number of benzene rings is 1. The molecule has 1 aromatic rings. The molecule has 0 saturated heterocycles. The maximum atomic E-state index is 10.1. The minimum atomic E-state index is -0.933. The summed E-state index contributed by atoms with van der Waals surface area (Å²) in [6, 6.07) is 8.77. The van der Waals surface area contributed by atoms with Gasteiger partial charge in [-0.05, 0) is 31.5 Å². The molecule has 0 aliphatic carbocycles. The van der Waals surface area contributed by atoms with Gasteiger partial charge in [-0.25, -0.2) is 0 Å². The van der Waals surface area contributed by atoms with E-state index in [1.165, 1.54) is 0 Å². The molecule has 7 N–H and O–H groups in total. The molecule has 1 aromatic carbocycles. The standard InChI is InChI=1S/C6H14N2O2.C6H7N/c7-4-2-1-3-5(8)6(9)10;7-6-4-2-1-3-5-6/h5H,1-4,7-8H2,(H,9,10);1-5H,7H2/t5-;/m0./s1. The van der Waals surface area contributed by atoms with Crippen molar-refractivity contribution in [2.24, 2.45) is 11.5 Å². The summed E-state index contributed by atoms with van der Waals surface area (Å²) >= 11 is 0. The van der Waals surface area contributed by atoms with Crippen LogP contribution in [0.25, 0.3) is 0 Å². The van der Waals surface area contributed by atoms with Crippen molar-refractivity contribution in [3.63, 3.8) is 0 Å². The Morgan fingerprint density at radius 3 is 2.18 bits per heavy atom. The highest BCUT2D eigenvalue weighted by Crippen LogP contribution is 1.97. The van der Waals surface area contributed by atoms with Gasteiger partial charge in [-0.3, -0.25) is 4.79 Å². The van der Waals surface area contributed by atoms with Crippen LogP contribution in [0.15, 0.2) is 30.3 Å². The second-order valence-corrected chi connectivity index (χ2v) is 3.64. The number of carboxylic acid groups (broad SMARTS) is 1. The van der Waals surface area contributed by atoms with Crippen molar-refractivity contribution >= 4 is 11.7 Å². The van der Waals surface area contributed by atoms with Gasteiger partial charge in [0.05, 0.1) is 0 Å². The summed E-state index contributed by atoms with van der Waals surface area (Å²) in [4.78, 5) is 10.1. The number of nitrogens with two attached hydrogens (primary N) is 3. The van der Waals surface area contributed by atoms with E-state index in [0.717, 1.165) is 18.5 Å². The molecule has 0 radical (unpaired) electrons. The van der Waals surface area contributed by atoms with Gasteiger partial charge in [-0.1, -0.05) is 24.6 Å². The lowest BCUT2D eigenvalue weighted by molar-refractivity contribution is -0.138. The minimum Gasteiger partial charge on any atom is -0.480 e. The number of carbonyl (C=O) groups is 1. The smallest absolute Gasteiger partial charge is 0.320 e. The summed E-state index contributed by atoms with van der Waals surface area (Å²) < 4.78 is 0. The van der Waals surface area contributed by atoms with Crippen LogP contribution < -0.4 is 17.2 Å². The molecule has 1 atom stereocenters. The lowest BCUT2D eigenvalue weighted by Gasteiger charge is -2.03. The van der Waals surface area contributed by atoms with Gasteiger partial charge in [-0.15, -0.1) is 0 Å². The highest BCUT2D eigenvalue weighted by atomic mass is 16.4. The third-order valence-corrected chi connectivity index (χ3v) is 2.09. The molecule has 96 valence electrons. The van der Waals surface area contributed by atoms with Crippen LogP contribution in [-0.2, 0) is 4.79 Å². The van der Waals surface area contributed by atoms with Crippen LogP contribution in [0.5, 0.6) is 0 Å². The van der Waals surface area contributed by atoms with Crippen molar-refractivity contribution in [3.05, 3.63) is 30.3 Å². The van der Waals surface area contributed by atoms with Crippen molar-refractivity contribution in [2.45, 2.75) is 25.3 Å². The Kier molecular flexibility index (Phi) is 8.72. The highest BCUT2D eigenvalue weighted by Gasteiger charge is 2.09. The molecule has 5 nitrogen and oxygen atoms in total. The average Bonchev–Trinajstić information content (AvgIpc) is 2.31. The van der Waals surface area contributed by atoms with E-state index in [0.29, 0.717) is 13.0 Å². The first-order valence-electron chi connectivity index (χ1n) is 5.57. The maximum absolute atomic E-state index is 10.1. The van der Waals surface area contributed by atoms with Gasteiger partial charge in [0, 0.05) is 5.69 Å². The Bertz CT molecular complexity index is 304. The topological polar surface area (TPSA) is 115 Å². The number of nitrogen functional groups attached to an aromatic ring is 1. The molecule has 0 bridgehead atoms. The summed E-state index contributed by atoms with van der Waals surface area (Å²) in [6.07, 6.45) is 2.16. The van der Waals surface area contributed by atoms with Crippen molar-refractivity contribution in [2.75, 3.05) is 12.3 Å². The number of unbranched alkanes of at least 4 members (excludes halogenated alkanes) is 1. The number of aliphatic carboxylic acids is 1. The third-order valence-electron chi connectivity index (χ3n) is 2.09. The van der Waals surface area contributed by atoms with E-state index in [2.05, 4.69) is 0 Å². The average molecular weight is 239 g/mol. The van der Waals surface area contributed by atoms with E-state index in [-0.39, 0.29) is 0 Å². The second kappa shape index (κ2) is 9.62. The van der Waals surface area contributed by atoms with Gasteiger partial charge in [-0.2, -0.15) is 0 Å². The number of rotatable bonds is 5. The van der Waals surface area contributed by atoms with E-state index in [9.17, 15) is 4.79 Å². The van der Waals surface area contributed by atoms with E-state index in [1.807, 2.05) is 30.3 Å². The molecule has 0 spiro atoms. The lowest BCUT2D eigenvalue weighted by atomic mass is 10.1. The fourth-order valence-electron chi connectivity index (χ4n) is 1.09. The quantitative estimate of drug-likeness (QED) is 0.448. The van der Waals surface area contributed by atoms with Gasteiger partial charge < -0.3 is 22.3 Å². The number of para-hydroxylation sites is 1. The predicted molar refractivity (Wildman–Crippen MR) is 69.4 cm³/mol. The van der Waals surface area contributed by atoms with Gasteiger partial charge in [0.15, 0.2) is 0 Å². The molecule has 0 fully saturated rings. The Balaban J connectivity index is 0.000000318. The molecule has 0 aliphatic rings. The van der Waals surface area contributed by atoms with Gasteiger partial charge in [0.25, 0.3) is 0 Å². The molecule has 1 rings (SSSR count). The number of anilines is 1. The van der Waals surface area contributed by atoms with E-state index in [1.54, 1.807) is 0 Å². The van der Waals surface area contributed by atoms with Crippen LogP contribution in [0, 0.1) is 0 Å². The van der Waals surface area contributed by atoms with E-state index >= 15 is 0 Å². The van der Waals surface area contributed by atoms with Gasteiger partial charge in [0.2, 0.25) is 0 Å². The van der Waals surface area contributed by atoms with Crippen LogP contribution in [-0.4, -0.2) is 23.7 Å².